The maximum atomic E-state index is 12.7. The Labute approximate surface area is 139 Å². The average Bonchev–Trinajstić information content (AvgIpc) is 2.50. The monoisotopic (exact) mass is 360 g/mol. The molecule has 0 N–H and O–H groups in total. The van der Waals surface area contributed by atoms with Gasteiger partial charge in [0.2, 0.25) is 20.0 Å². The topological polar surface area (TPSA) is 74.8 Å². The molecule has 1 aromatic rings. The van der Waals surface area contributed by atoms with Gasteiger partial charge in [-0.2, -0.15) is 8.61 Å². The third-order valence-electron chi connectivity index (χ3n) is 4.17. The minimum atomic E-state index is -3.57. The van der Waals surface area contributed by atoms with E-state index in [2.05, 4.69) is 0 Å². The van der Waals surface area contributed by atoms with Gasteiger partial charge in [-0.15, -0.1) is 0 Å². The van der Waals surface area contributed by atoms with E-state index in [1.165, 1.54) is 8.61 Å². The minimum Gasteiger partial charge on any atom is -0.212 e. The van der Waals surface area contributed by atoms with Crippen LogP contribution in [0.25, 0.3) is 0 Å². The highest BCUT2D eigenvalue weighted by Gasteiger charge is 2.32. The Morgan fingerprint density at radius 1 is 0.913 bits per heavy atom. The van der Waals surface area contributed by atoms with E-state index >= 15 is 0 Å². The van der Waals surface area contributed by atoms with Crippen molar-refractivity contribution in [1.29, 1.82) is 0 Å². The fourth-order valence-electron chi connectivity index (χ4n) is 2.60. The summed E-state index contributed by atoms with van der Waals surface area (Å²) >= 11 is 0. The van der Waals surface area contributed by atoms with Gasteiger partial charge in [-0.25, -0.2) is 16.8 Å². The zero-order valence-electron chi connectivity index (χ0n) is 13.8. The van der Waals surface area contributed by atoms with E-state index in [-0.39, 0.29) is 36.8 Å². The lowest BCUT2D eigenvalue weighted by atomic mass is 10.1. The molecular formula is C15H24N2O4S2. The van der Waals surface area contributed by atoms with Gasteiger partial charge in [0.25, 0.3) is 0 Å². The SMILES string of the molecule is CCCS(=O)(=O)N1CCN(S(=O)(=O)c2ccc(C)c(C)c2)CC1. The van der Waals surface area contributed by atoms with Crippen LogP contribution >= 0.6 is 0 Å². The highest BCUT2D eigenvalue weighted by molar-refractivity contribution is 7.89. The van der Waals surface area contributed by atoms with E-state index in [1.807, 2.05) is 20.8 Å². The number of nitrogens with zero attached hydrogens (tertiary/aromatic N) is 2. The fraction of sp³-hybridized carbons (Fsp3) is 0.600. The lowest BCUT2D eigenvalue weighted by molar-refractivity contribution is 0.273. The van der Waals surface area contributed by atoms with E-state index in [1.54, 1.807) is 18.2 Å². The van der Waals surface area contributed by atoms with Gasteiger partial charge in [-0.1, -0.05) is 13.0 Å². The van der Waals surface area contributed by atoms with Crippen molar-refractivity contribution in [3.05, 3.63) is 29.3 Å². The smallest absolute Gasteiger partial charge is 0.212 e. The molecule has 130 valence electrons. The highest BCUT2D eigenvalue weighted by atomic mass is 32.2. The summed E-state index contributed by atoms with van der Waals surface area (Å²) in [6.07, 6.45) is 0.559. The zero-order chi connectivity index (χ0) is 17.3. The summed E-state index contributed by atoms with van der Waals surface area (Å²) in [6.45, 7) is 6.44. The van der Waals surface area contributed by atoms with E-state index in [0.29, 0.717) is 6.42 Å². The van der Waals surface area contributed by atoms with Crippen LogP contribution in [0.15, 0.2) is 23.1 Å². The molecule has 0 aliphatic carbocycles. The van der Waals surface area contributed by atoms with Crippen molar-refractivity contribution < 1.29 is 16.8 Å². The van der Waals surface area contributed by atoms with Gasteiger partial charge in [0.1, 0.15) is 0 Å². The van der Waals surface area contributed by atoms with Crippen LogP contribution in [-0.4, -0.2) is 57.4 Å². The van der Waals surface area contributed by atoms with E-state index < -0.39 is 20.0 Å². The summed E-state index contributed by atoms with van der Waals surface area (Å²) in [4.78, 5) is 0.269. The largest absolute Gasteiger partial charge is 0.243 e. The zero-order valence-corrected chi connectivity index (χ0v) is 15.5. The molecule has 2 rings (SSSR count). The Morgan fingerprint density at radius 3 is 2.00 bits per heavy atom. The predicted octanol–water partition coefficient (Wildman–Crippen LogP) is 1.35. The molecule has 6 nitrogen and oxygen atoms in total. The van der Waals surface area contributed by atoms with Crippen LogP contribution in [0.5, 0.6) is 0 Å². The second kappa shape index (κ2) is 6.88. The molecule has 1 aliphatic heterocycles. The van der Waals surface area contributed by atoms with Crippen LogP contribution in [0.3, 0.4) is 0 Å². The quantitative estimate of drug-likeness (QED) is 0.794. The molecule has 0 unspecified atom stereocenters. The normalized spacial score (nSPS) is 18.2. The van der Waals surface area contributed by atoms with Crippen LogP contribution < -0.4 is 0 Å². The van der Waals surface area contributed by atoms with Gasteiger partial charge < -0.3 is 0 Å². The van der Waals surface area contributed by atoms with Crippen molar-refractivity contribution >= 4 is 20.0 Å². The van der Waals surface area contributed by atoms with Gasteiger partial charge in [-0.3, -0.25) is 0 Å². The van der Waals surface area contributed by atoms with Crippen molar-refractivity contribution in [1.82, 2.24) is 8.61 Å². The van der Waals surface area contributed by atoms with Crippen LogP contribution in [0, 0.1) is 13.8 Å². The highest BCUT2D eigenvalue weighted by Crippen LogP contribution is 2.21. The second-order valence-corrected chi connectivity index (χ2v) is 9.89. The number of sulfonamides is 2. The summed E-state index contributed by atoms with van der Waals surface area (Å²) < 4.78 is 52.2. The van der Waals surface area contributed by atoms with Crippen molar-refractivity contribution in [2.75, 3.05) is 31.9 Å². The molecule has 0 saturated carbocycles. The standard InChI is InChI=1S/C15H24N2O4S2/c1-4-11-22(18,19)16-7-9-17(10-8-16)23(20,21)15-6-5-13(2)14(3)12-15/h5-6,12H,4,7-11H2,1-3H3. The summed E-state index contributed by atoms with van der Waals surface area (Å²) in [5.41, 5.74) is 1.97. The van der Waals surface area contributed by atoms with Crippen molar-refractivity contribution in [2.24, 2.45) is 0 Å². The predicted molar refractivity (Wildman–Crippen MR) is 90.3 cm³/mol. The molecule has 1 aliphatic rings. The Kier molecular flexibility index (Phi) is 5.50. The number of piperazine rings is 1. The summed E-state index contributed by atoms with van der Waals surface area (Å²) in [5, 5.41) is 0. The molecule has 0 spiro atoms. The Morgan fingerprint density at radius 2 is 1.48 bits per heavy atom. The maximum absolute atomic E-state index is 12.7. The first kappa shape index (κ1) is 18.4. The molecule has 0 bridgehead atoms. The molecule has 8 heteroatoms. The molecule has 0 amide bonds. The number of hydrogen-bond donors (Lipinski definition) is 0. The minimum absolute atomic E-state index is 0.108. The molecule has 1 heterocycles. The summed E-state index contributed by atoms with van der Waals surface area (Å²) in [6, 6.07) is 5.08. The number of rotatable bonds is 5. The fourth-order valence-corrected chi connectivity index (χ4v) is 5.60. The third kappa shape index (κ3) is 3.93. The first-order chi connectivity index (χ1) is 10.7. The van der Waals surface area contributed by atoms with E-state index in [0.717, 1.165) is 11.1 Å². The lowest BCUT2D eigenvalue weighted by Gasteiger charge is -2.33. The average molecular weight is 361 g/mol. The van der Waals surface area contributed by atoms with E-state index in [4.69, 9.17) is 0 Å². The molecule has 1 fully saturated rings. The van der Waals surface area contributed by atoms with Crippen LogP contribution in [0.2, 0.25) is 0 Å². The van der Waals surface area contributed by atoms with Crippen molar-refractivity contribution in [3.63, 3.8) is 0 Å². The first-order valence-corrected chi connectivity index (χ1v) is 10.8. The summed E-state index contributed by atoms with van der Waals surface area (Å²) in [7, 11) is -6.84. The van der Waals surface area contributed by atoms with Crippen molar-refractivity contribution in [2.45, 2.75) is 32.1 Å². The van der Waals surface area contributed by atoms with Crippen LogP contribution in [0.4, 0.5) is 0 Å². The van der Waals surface area contributed by atoms with Crippen molar-refractivity contribution in [3.8, 4) is 0 Å². The third-order valence-corrected chi connectivity index (χ3v) is 8.14. The first-order valence-electron chi connectivity index (χ1n) is 7.73. The molecule has 1 saturated heterocycles. The Balaban J connectivity index is 2.14. The second-order valence-electron chi connectivity index (χ2n) is 5.87. The molecule has 23 heavy (non-hydrogen) atoms. The van der Waals surface area contributed by atoms with Gasteiger partial charge in [0, 0.05) is 26.2 Å². The molecule has 0 radical (unpaired) electrons. The van der Waals surface area contributed by atoms with Crippen LogP contribution in [0.1, 0.15) is 24.5 Å². The maximum Gasteiger partial charge on any atom is 0.243 e. The number of benzene rings is 1. The molecular weight excluding hydrogens is 336 g/mol. The molecule has 1 aromatic carbocycles. The van der Waals surface area contributed by atoms with Gasteiger partial charge in [-0.05, 0) is 43.5 Å². The Bertz CT molecular complexity index is 765. The lowest BCUT2D eigenvalue weighted by Crippen LogP contribution is -2.50. The molecule has 0 aromatic heterocycles. The van der Waals surface area contributed by atoms with E-state index in [9.17, 15) is 16.8 Å². The molecule has 0 atom stereocenters. The number of hydrogen-bond acceptors (Lipinski definition) is 4. The number of aryl methyl sites for hydroxylation is 2. The summed E-state index contributed by atoms with van der Waals surface area (Å²) in [5.74, 6) is 0.108. The van der Waals surface area contributed by atoms with Crippen LogP contribution in [-0.2, 0) is 20.0 Å². The Hall–Kier alpha value is -0.960. The van der Waals surface area contributed by atoms with Gasteiger partial charge >= 0.3 is 0 Å². The van der Waals surface area contributed by atoms with Gasteiger partial charge in [0.05, 0.1) is 10.6 Å². The van der Waals surface area contributed by atoms with Gasteiger partial charge in [0.15, 0.2) is 0 Å².